The number of ketones is 1. The van der Waals surface area contributed by atoms with Crippen LogP contribution < -0.4 is 16.0 Å². The van der Waals surface area contributed by atoms with Gasteiger partial charge in [0.05, 0.1) is 6.54 Å². The largest absolute Gasteiger partial charge is 0.368 e. The van der Waals surface area contributed by atoms with E-state index in [1.807, 2.05) is 19.9 Å². The second-order valence-corrected chi connectivity index (χ2v) is 7.28. The summed E-state index contributed by atoms with van der Waals surface area (Å²) in [7, 11) is 1.74. The van der Waals surface area contributed by atoms with Gasteiger partial charge < -0.3 is 16.0 Å². The highest BCUT2D eigenvalue weighted by molar-refractivity contribution is 6.31. The molecule has 1 atom stereocenters. The van der Waals surface area contributed by atoms with E-state index in [9.17, 15) is 14.4 Å². The van der Waals surface area contributed by atoms with Crippen molar-refractivity contribution in [1.82, 2.24) is 5.32 Å². The molecular weight excluding hydrogens is 378 g/mol. The number of nitrogens with two attached hydrogens (primary N) is 1. The molecule has 0 fully saturated rings. The predicted molar refractivity (Wildman–Crippen MR) is 111 cm³/mol. The van der Waals surface area contributed by atoms with Crippen LogP contribution in [0.5, 0.6) is 0 Å². The Balaban J connectivity index is 2.43. The minimum absolute atomic E-state index is 0.0896. The second-order valence-electron chi connectivity index (χ2n) is 6.84. The van der Waals surface area contributed by atoms with Crippen LogP contribution in [0.15, 0.2) is 48.5 Å². The standard InChI is InChI=1S/C21H24ClN3O3/c1-13(2)19(21(28)24-12-18(23)26)25(3)17-10-9-15(22)11-16(17)20(27)14-7-5-4-6-8-14/h4-11,13,19H,12H2,1-3H3,(H2,23,26)(H,24,28)/t19-/m0/s1. The van der Waals surface area contributed by atoms with Gasteiger partial charge >= 0.3 is 0 Å². The molecule has 0 aliphatic heterocycles. The third kappa shape index (κ3) is 5.10. The minimum atomic E-state index is -0.620. The number of anilines is 1. The van der Waals surface area contributed by atoms with E-state index in [-0.39, 0.29) is 24.2 Å². The van der Waals surface area contributed by atoms with Crippen LogP contribution in [0.3, 0.4) is 0 Å². The number of hydrogen-bond acceptors (Lipinski definition) is 4. The summed E-state index contributed by atoms with van der Waals surface area (Å²) in [6.45, 7) is 3.53. The van der Waals surface area contributed by atoms with Crippen molar-refractivity contribution in [1.29, 1.82) is 0 Å². The van der Waals surface area contributed by atoms with E-state index in [2.05, 4.69) is 5.32 Å². The molecule has 2 aromatic carbocycles. The first kappa shape index (κ1) is 21.4. The molecule has 0 radical (unpaired) electrons. The Morgan fingerprint density at radius 2 is 1.75 bits per heavy atom. The Bertz CT molecular complexity index is 868. The number of primary amides is 1. The minimum Gasteiger partial charge on any atom is -0.368 e. The van der Waals surface area contributed by atoms with Gasteiger partial charge in [-0.3, -0.25) is 14.4 Å². The Hall–Kier alpha value is -2.86. The van der Waals surface area contributed by atoms with E-state index in [0.29, 0.717) is 21.8 Å². The maximum Gasteiger partial charge on any atom is 0.243 e. The molecule has 0 aliphatic carbocycles. The normalized spacial score (nSPS) is 11.8. The van der Waals surface area contributed by atoms with E-state index in [1.54, 1.807) is 54.4 Å². The average molecular weight is 402 g/mol. The van der Waals surface area contributed by atoms with Gasteiger partial charge in [0, 0.05) is 28.9 Å². The molecule has 0 saturated carbocycles. The van der Waals surface area contributed by atoms with E-state index in [1.165, 1.54) is 0 Å². The van der Waals surface area contributed by atoms with Gasteiger partial charge in [-0.15, -0.1) is 0 Å². The molecule has 2 rings (SSSR count). The van der Waals surface area contributed by atoms with Crippen molar-refractivity contribution in [2.24, 2.45) is 11.7 Å². The van der Waals surface area contributed by atoms with E-state index in [4.69, 9.17) is 17.3 Å². The topological polar surface area (TPSA) is 92.5 Å². The van der Waals surface area contributed by atoms with Crippen molar-refractivity contribution in [2.45, 2.75) is 19.9 Å². The van der Waals surface area contributed by atoms with Crippen LogP contribution in [0.25, 0.3) is 0 Å². The second kappa shape index (κ2) is 9.37. The van der Waals surface area contributed by atoms with Crippen LogP contribution in [0.2, 0.25) is 5.02 Å². The summed E-state index contributed by atoms with van der Waals surface area (Å²) in [6, 6.07) is 13.2. The number of carbonyl (C=O) groups is 3. The fourth-order valence-electron chi connectivity index (χ4n) is 3.10. The summed E-state index contributed by atoms with van der Waals surface area (Å²) in [6.07, 6.45) is 0. The number of carbonyl (C=O) groups excluding carboxylic acids is 3. The number of amides is 2. The first-order valence-electron chi connectivity index (χ1n) is 8.90. The van der Waals surface area contributed by atoms with Crippen LogP contribution in [0, 0.1) is 5.92 Å². The molecule has 0 aliphatic rings. The summed E-state index contributed by atoms with van der Waals surface area (Å²) < 4.78 is 0. The fourth-order valence-corrected chi connectivity index (χ4v) is 3.27. The highest BCUT2D eigenvalue weighted by Crippen LogP contribution is 2.29. The van der Waals surface area contributed by atoms with Crippen LogP contribution in [0.1, 0.15) is 29.8 Å². The SMILES string of the molecule is CC(C)[C@@H](C(=O)NCC(N)=O)N(C)c1ccc(Cl)cc1C(=O)c1ccccc1. The van der Waals surface area contributed by atoms with Crippen LogP contribution >= 0.6 is 11.6 Å². The van der Waals surface area contributed by atoms with Crippen molar-refractivity contribution in [3.8, 4) is 0 Å². The monoisotopic (exact) mass is 401 g/mol. The Morgan fingerprint density at radius 1 is 1.11 bits per heavy atom. The molecule has 0 bridgehead atoms. The van der Waals surface area contributed by atoms with Gasteiger partial charge in [0.25, 0.3) is 0 Å². The molecule has 0 aromatic heterocycles. The lowest BCUT2D eigenvalue weighted by Gasteiger charge is -2.33. The van der Waals surface area contributed by atoms with Crippen molar-refractivity contribution < 1.29 is 14.4 Å². The quantitative estimate of drug-likeness (QED) is 0.665. The summed E-state index contributed by atoms with van der Waals surface area (Å²) in [5, 5.41) is 2.97. The molecule has 3 N–H and O–H groups in total. The lowest BCUT2D eigenvalue weighted by molar-refractivity contribution is -0.126. The molecule has 28 heavy (non-hydrogen) atoms. The van der Waals surface area contributed by atoms with Crippen LogP contribution in [-0.2, 0) is 9.59 Å². The maximum atomic E-state index is 13.1. The van der Waals surface area contributed by atoms with E-state index < -0.39 is 11.9 Å². The van der Waals surface area contributed by atoms with Crippen molar-refractivity contribution in [2.75, 3.05) is 18.5 Å². The zero-order valence-corrected chi connectivity index (χ0v) is 16.9. The highest BCUT2D eigenvalue weighted by atomic mass is 35.5. The van der Waals surface area contributed by atoms with Gasteiger partial charge in [-0.25, -0.2) is 0 Å². The molecule has 7 heteroatoms. The number of likely N-dealkylation sites (N-methyl/N-ethyl adjacent to an activating group) is 1. The van der Waals surface area contributed by atoms with Gasteiger partial charge in [0.15, 0.2) is 5.78 Å². The van der Waals surface area contributed by atoms with Gasteiger partial charge in [-0.2, -0.15) is 0 Å². The number of rotatable bonds is 8. The van der Waals surface area contributed by atoms with Crippen LogP contribution in [-0.4, -0.2) is 37.2 Å². The zero-order chi connectivity index (χ0) is 20.8. The molecule has 148 valence electrons. The summed E-state index contributed by atoms with van der Waals surface area (Å²) >= 11 is 6.14. The lowest BCUT2D eigenvalue weighted by Crippen LogP contribution is -2.50. The predicted octanol–water partition coefficient (Wildman–Crippen LogP) is 2.63. The number of nitrogens with zero attached hydrogens (tertiary/aromatic N) is 1. The van der Waals surface area contributed by atoms with Crippen LogP contribution in [0.4, 0.5) is 5.69 Å². The molecule has 2 aromatic rings. The molecule has 0 unspecified atom stereocenters. The number of nitrogens with one attached hydrogen (secondary N) is 1. The summed E-state index contributed by atoms with van der Waals surface area (Å²) in [5.41, 5.74) is 6.62. The fraction of sp³-hybridized carbons (Fsp3) is 0.286. The maximum absolute atomic E-state index is 13.1. The average Bonchev–Trinajstić information content (AvgIpc) is 2.66. The van der Waals surface area contributed by atoms with Gasteiger partial charge in [-0.1, -0.05) is 55.8 Å². The lowest BCUT2D eigenvalue weighted by atomic mass is 9.97. The Morgan fingerprint density at radius 3 is 2.32 bits per heavy atom. The van der Waals surface area contributed by atoms with E-state index in [0.717, 1.165) is 0 Å². The zero-order valence-electron chi connectivity index (χ0n) is 16.1. The molecule has 2 amide bonds. The van der Waals surface area contributed by atoms with Gasteiger partial charge in [-0.05, 0) is 24.1 Å². The van der Waals surface area contributed by atoms with Crippen molar-refractivity contribution >= 4 is 34.9 Å². The summed E-state index contributed by atoms with van der Waals surface area (Å²) in [5.74, 6) is -1.24. The third-order valence-corrected chi connectivity index (χ3v) is 4.61. The molecular formula is C21H24ClN3O3. The van der Waals surface area contributed by atoms with E-state index >= 15 is 0 Å². The van der Waals surface area contributed by atoms with Crippen molar-refractivity contribution in [3.63, 3.8) is 0 Å². The number of benzene rings is 2. The van der Waals surface area contributed by atoms with Crippen molar-refractivity contribution in [3.05, 3.63) is 64.7 Å². The smallest absolute Gasteiger partial charge is 0.243 e. The third-order valence-electron chi connectivity index (χ3n) is 4.37. The van der Waals surface area contributed by atoms with Gasteiger partial charge in [0.2, 0.25) is 11.8 Å². The molecule has 0 saturated heterocycles. The Labute approximate surface area is 169 Å². The highest BCUT2D eigenvalue weighted by Gasteiger charge is 2.29. The number of halogens is 1. The number of hydrogen-bond donors (Lipinski definition) is 2. The first-order chi connectivity index (χ1) is 13.2. The first-order valence-corrected chi connectivity index (χ1v) is 9.28. The molecule has 0 spiro atoms. The Kier molecular flexibility index (Phi) is 7.18. The summed E-state index contributed by atoms with van der Waals surface area (Å²) in [4.78, 5) is 38.4. The molecule has 6 nitrogen and oxygen atoms in total. The van der Waals surface area contributed by atoms with Gasteiger partial charge in [0.1, 0.15) is 6.04 Å². The molecule has 0 heterocycles.